The first-order valence-electron chi connectivity index (χ1n) is 17.0. The van der Waals surface area contributed by atoms with E-state index >= 15 is 8.78 Å². The second kappa shape index (κ2) is 15.9. The number of ether oxygens (including phenoxy) is 1. The molecule has 0 radical (unpaired) electrons. The smallest absolute Gasteiger partial charge is 0.335 e. The van der Waals surface area contributed by atoms with Gasteiger partial charge in [-0.2, -0.15) is 4.31 Å². The van der Waals surface area contributed by atoms with Crippen molar-refractivity contribution >= 4 is 39.2 Å². The molecule has 0 bridgehead atoms. The van der Waals surface area contributed by atoms with Crippen LogP contribution in [0.25, 0.3) is 0 Å². The van der Waals surface area contributed by atoms with Crippen LogP contribution in [0.4, 0.5) is 32.0 Å². The molecule has 0 aliphatic heterocycles. The highest BCUT2D eigenvalue weighted by atomic mass is 35.5. The molecule has 55 heavy (non-hydrogen) atoms. The van der Waals surface area contributed by atoms with Crippen LogP contribution in [0.15, 0.2) is 59.5 Å². The molecule has 0 aromatic heterocycles. The van der Waals surface area contributed by atoms with Gasteiger partial charge in [0.15, 0.2) is 28.2 Å². The molecule has 0 heterocycles. The molecule has 8 nitrogen and oxygen atoms in total. The van der Waals surface area contributed by atoms with Crippen LogP contribution in [0, 0.1) is 34.9 Å². The van der Waals surface area contributed by atoms with E-state index in [2.05, 4.69) is 6.07 Å². The number of aromatic carboxylic acids is 1. The van der Waals surface area contributed by atoms with Crippen LogP contribution in [0.2, 0.25) is 5.02 Å². The van der Waals surface area contributed by atoms with Crippen LogP contribution < -0.4 is 9.64 Å². The molecule has 1 N–H and O–H groups in total. The van der Waals surface area contributed by atoms with Crippen molar-refractivity contribution in [3.8, 4) is 5.75 Å². The summed E-state index contributed by atoms with van der Waals surface area (Å²) < 4.78 is 121. The second-order valence-corrected chi connectivity index (χ2v) is 16.8. The Bertz CT molecular complexity index is 2250. The first kappa shape index (κ1) is 41.6. The maximum Gasteiger partial charge on any atom is 0.335 e. The van der Waals surface area contributed by atoms with Crippen molar-refractivity contribution in [3.63, 3.8) is 0 Å². The first-order chi connectivity index (χ1) is 25.6. The number of anilines is 1. The van der Waals surface area contributed by atoms with Crippen LogP contribution in [-0.2, 0) is 33.3 Å². The quantitative estimate of drug-likeness (QED) is 0.0821. The number of amides is 1. The van der Waals surface area contributed by atoms with Crippen LogP contribution in [0.3, 0.4) is 0 Å². The standard InChI is InChI=1S/C39H37ClF6N2O6S/c1-20(2)54-30-15-23(38(50)51)9-11-29(30)48(17-21-12-25(22-6-7-22)14-26(13-21)39(3,4)5)31(49)19-47(18-24-8-10-27(41)16-28(24)40)55(52,53)37-35(45)33(43)32(42)34(44)36(37)46/h8-16,20,22H,6-7,17-19H2,1-5H3,(H,50,51). The normalized spacial score (nSPS) is 13.4. The summed E-state index contributed by atoms with van der Waals surface area (Å²) in [5.74, 6) is -16.1. The average molecular weight is 811 g/mol. The zero-order chi connectivity index (χ0) is 40.7. The van der Waals surface area contributed by atoms with E-state index in [1.54, 1.807) is 13.8 Å². The summed E-state index contributed by atoms with van der Waals surface area (Å²) in [5.41, 5.74) is 1.73. The van der Waals surface area contributed by atoms with Gasteiger partial charge in [0.2, 0.25) is 21.7 Å². The molecule has 0 saturated heterocycles. The number of carboxylic acids is 1. The number of nitrogens with zero attached hydrogens (tertiary/aromatic N) is 2. The van der Waals surface area contributed by atoms with Gasteiger partial charge in [0.05, 0.1) is 30.4 Å². The molecule has 1 saturated carbocycles. The summed E-state index contributed by atoms with van der Waals surface area (Å²) >= 11 is 6.17. The number of hydrogen-bond donors (Lipinski definition) is 1. The Hall–Kier alpha value is -4.60. The monoisotopic (exact) mass is 810 g/mol. The van der Waals surface area contributed by atoms with Gasteiger partial charge in [0, 0.05) is 11.6 Å². The number of benzene rings is 4. The maximum atomic E-state index is 15.1. The van der Waals surface area contributed by atoms with Gasteiger partial charge in [-0.05, 0) is 90.6 Å². The van der Waals surface area contributed by atoms with E-state index in [4.69, 9.17) is 16.3 Å². The fourth-order valence-corrected chi connectivity index (χ4v) is 7.55. The van der Waals surface area contributed by atoms with Gasteiger partial charge in [-0.1, -0.05) is 56.6 Å². The molecule has 1 aliphatic carbocycles. The summed E-state index contributed by atoms with van der Waals surface area (Å²) in [6, 6.07) is 12.1. The molecule has 0 spiro atoms. The van der Waals surface area contributed by atoms with Crippen LogP contribution >= 0.6 is 11.6 Å². The largest absolute Gasteiger partial charge is 0.489 e. The van der Waals surface area contributed by atoms with Gasteiger partial charge < -0.3 is 14.7 Å². The molecule has 1 amide bonds. The Morgan fingerprint density at radius 2 is 1.49 bits per heavy atom. The van der Waals surface area contributed by atoms with E-state index in [1.165, 1.54) is 18.2 Å². The van der Waals surface area contributed by atoms with Crippen molar-refractivity contribution in [1.29, 1.82) is 0 Å². The Morgan fingerprint density at radius 1 is 0.873 bits per heavy atom. The van der Waals surface area contributed by atoms with Crippen LogP contribution in [-0.4, -0.2) is 42.4 Å². The minimum absolute atomic E-state index is 0.0220. The van der Waals surface area contributed by atoms with E-state index in [0.29, 0.717) is 5.56 Å². The summed E-state index contributed by atoms with van der Waals surface area (Å²) in [5, 5.41) is 9.36. The summed E-state index contributed by atoms with van der Waals surface area (Å²) in [4.78, 5) is 25.5. The van der Waals surface area contributed by atoms with Crippen molar-refractivity contribution in [2.24, 2.45) is 0 Å². The fourth-order valence-electron chi connectivity index (χ4n) is 5.85. The summed E-state index contributed by atoms with van der Waals surface area (Å²) in [6.45, 7) is 6.72. The maximum absolute atomic E-state index is 15.1. The predicted octanol–water partition coefficient (Wildman–Crippen LogP) is 9.26. The number of hydrogen-bond acceptors (Lipinski definition) is 5. The Balaban J connectivity index is 1.70. The average Bonchev–Trinajstić information content (AvgIpc) is 3.95. The number of carboxylic acid groups (broad SMARTS) is 1. The van der Waals surface area contributed by atoms with Crippen molar-refractivity contribution in [1.82, 2.24) is 4.31 Å². The van der Waals surface area contributed by atoms with Crippen LogP contribution in [0.5, 0.6) is 5.75 Å². The van der Waals surface area contributed by atoms with E-state index in [1.807, 2.05) is 32.9 Å². The second-order valence-electron chi connectivity index (χ2n) is 14.5. The van der Waals surface area contributed by atoms with Gasteiger partial charge in [-0.25, -0.2) is 39.6 Å². The van der Waals surface area contributed by atoms with Gasteiger partial charge in [-0.15, -0.1) is 0 Å². The van der Waals surface area contributed by atoms with Crippen LogP contribution in [0.1, 0.15) is 86.0 Å². The van der Waals surface area contributed by atoms with Gasteiger partial charge in [0.1, 0.15) is 11.6 Å². The third-order valence-corrected chi connectivity index (χ3v) is 11.0. The Kier molecular flexibility index (Phi) is 12.0. The van der Waals surface area contributed by atoms with Crippen molar-refractivity contribution in [2.45, 2.75) is 82.9 Å². The molecule has 4 aromatic rings. The van der Waals surface area contributed by atoms with Gasteiger partial charge in [-0.3, -0.25) is 4.79 Å². The third kappa shape index (κ3) is 9.11. The molecule has 0 unspecified atom stereocenters. The zero-order valence-corrected chi connectivity index (χ0v) is 31.9. The highest BCUT2D eigenvalue weighted by molar-refractivity contribution is 7.89. The van der Waals surface area contributed by atoms with E-state index in [0.717, 1.165) is 47.1 Å². The lowest BCUT2D eigenvalue weighted by molar-refractivity contribution is -0.119. The number of carbonyl (C=O) groups is 2. The predicted molar refractivity (Wildman–Crippen MR) is 193 cm³/mol. The lowest BCUT2D eigenvalue weighted by Gasteiger charge is -2.30. The molecule has 1 fully saturated rings. The lowest BCUT2D eigenvalue weighted by atomic mass is 9.84. The summed E-state index contributed by atoms with van der Waals surface area (Å²) in [7, 11) is -5.79. The molecular formula is C39H37ClF6N2O6S. The highest BCUT2D eigenvalue weighted by Gasteiger charge is 2.39. The fraction of sp³-hybridized carbons (Fsp3) is 0.333. The molecule has 294 valence electrons. The molecule has 1 aliphatic rings. The molecule has 0 atom stereocenters. The molecule has 4 aromatic carbocycles. The third-order valence-electron chi connectivity index (χ3n) is 8.87. The molecule has 16 heteroatoms. The first-order valence-corrected chi connectivity index (χ1v) is 18.9. The lowest BCUT2D eigenvalue weighted by Crippen LogP contribution is -2.43. The number of halogens is 7. The van der Waals surface area contributed by atoms with Gasteiger partial charge >= 0.3 is 5.97 Å². The summed E-state index contributed by atoms with van der Waals surface area (Å²) in [6.07, 6.45) is 1.32. The van der Waals surface area contributed by atoms with E-state index in [-0.39, 0.29) is 49.8 Å². The van der Waals surface area contributed by atoms with E-state index in [9.17, 15) is 40.7 Å². The van der Waals surface area contributed by atoms with Gasteiger partial charge in [0.25, 0.3) is 0 Å². The topological polar surface area (TPSA) is 104 Å². The zero-order valence-electron chi connectivity index (χ0n) is 30.3. The van der Waals surface area contributed by atoms with Crippen molar-refractivity contribution in [3.05, 3.63) is 122 Å². The number of sulfonamides is 1. The SMILES string of the molecule is CC(C)Oc1cc(C(=O)O)ccc1N(Cc1cc(C2CC2)cc(C(C)(C)C)c1)C(=O)CN(Cc1ccc(F)cc1Cl)S(=O)(=O)c1c(F)c(F)c(F)c(F)c1F. The van der Waals surface area contributed by atoms with E-state index < -0.39 is 80.9 Å². The minimum Gasteiger partial charge on any atom is -0.489 e. The van der Waals surface area contributed by atoms with Crippen molar-refractivity contribution in [2.75, 3.05) is 11.4 Å². The minimum atomic E-state index is -5.79. The molecule has 5 rings (SSSR count). The van der Waals surface area contributed by atoms with Crippen molar-refractivity contribution < 1.29 is 54.2 Å². The highest BCUT2D eigenvalue weighted by Crippen LogP contribution is 2.42. The number of carbonyl (C=O) groups excluding carboxylic acids is 1. The Morgan fingerprint density at radius 3 is 2.04 bits per heavy atom. The molecular weight excluding hydrogens is 774 g/mol. The number of rotatable bonds is 13. The Labute approximate surface area is 319 Å².